The lowest BCUT2D eigenvalue weighted by atomic mass is 9.82. The van der Waals surface area contributed by atoms with Crippen molar-refractivity contribution in [2.24, 2.45) is 0 Å². The molecule has 5 nitrogen and oxygen atoms in total. The first-order valence-corrected chi connectivity index (χ1v) is 9.96. The highest BCUT2D eigenvalue weighted by molar-refractivity contribution is 6.30. The summed E-state index contributed by atoms with van der Waals surface area (Å²) in [6.07, 6.45) is 0. The van der Waals surface area contributed by atoms with Crippen LogP contribution in [-0.2, 0) is 0 Å². The average molecular weight is 424 g/mol. The van der Waals surface area contributed by atoms with Crippen LogP contribution < -0.4 is 0 Å². The Morgan fingerprint density at radius 2 is 1.03 bits per heavy atom. The van der Waals surface area contributed by atoms with Gasteiger partial charge in [-0.2, -0.15) is 0 Å². The molecule has 0 aliphatic heterocycles. The number of carbonyl (C=O) groups excluding carboxylic acids is 2. The van der Waals surface area contributed by atoms with Crippen LogP contribution in [0.2, 0.25) is 0 Å². The number of aromatic hydroxyl groups is 3. The molecule has 0 unspecified atom stereocenters. The zero-order valence-electron chi connectivity index (χ0n) is 17.2. The third kappa shape index (κ3) is 3.84. The van der Waals surface area contributed by atoms with Crippen LogP contribution in [0, 0.1) is 6.92 Å². The van der Waals surface area contributed by atoms with Crippen molar-refractivity contribution >= 4 is 11.6 Å². The number of ketones is 2. The predicted molar refractivity (Wildman–Crippen MR) is 121 cm³/mol. The number of hydrogen-bond donors (Lipinski definition) is 3. The lowest BCUT2D eigenvalue weighted by Crippen LogP contribution is -2.21. The van der Waals surface area contributed by atoms with Crippen LogP contribution in [0.4, 0.5) is 0 Å². The third-order valence-electron chi connectivity index (χ3n) is 5.19. The van der Waals surface area contributed by atoms with Gasteiger partial charge in [-0.05, 0) is 41.8 Å². The van der Waals surface area contributed by atoms with Gasteiger partial charge in [0, 0.05) is 17.2 Å². The monoisotopic (exact) mass is 424 g/mol. The van der Waals surface area contributed by atoms with Crippen molar-refractivity contribution in [1.29, 1.82) is 0 Å². The number of rotatable bonds is 1. The van der Waals surface area contributed by atoms with Gasteiger partial charge in [-0.25, -0.2) is 0 Å². The minimum atomic E-state index is -0.635. The molecule has 3 N–H and O–H groups in total. The van der Waals surface area contributed by atoms with E-state index < -0.39 is 17.3 Å². The van der Waals surface area contributed by atoms with Gasteiger partial charge in [-0.3, -0.25) is 9.59 Å². The van der Waals surface area contributed by atoms with E-state index >= 15 is 0 Å². The smallest absolute Gasteiger partial charge is 0.201 e. The molecule has 1 aliphatic carbocycles. The highest BCUT2D eigenvalue weighted by atomic mass is 16.3. The van der Waals surface area contributed by atoms with Gasteiger partial charge in [-0.1, -0.05) is 60.7 Å². The maximum Gasteiger partial charge on any atom is 0.201 e. The molecule has 0 saturated carbocycles. The molecule has 0 saturated heterocycles. The Hall–Kier alpha value is -4.38. The Balaban J connectivity index is 0.000000174. The molecule has 32 heavy (non-hydrogen) atoms. The topological polar surface area (TPSA) is 94.8 Å². The summed E-state index contributed by atoms with van der Waals surface area (Å²) < 4.78 is 0. The summed E-state index contributed by atoms with van der Waals surface area (Å²) in [6, 6.07) is 25.8. The second-order valence-corrected chi connectivity index (χ2v) is 7.48. The van der Waals surface area contributed by atoms with Crippen molar-refractivity contribution in [3.63, 3.8) is 0 Å². The van der Waals surface area contributed by atoms with E-state index in [1.165, 1.54) is 23.3 Å². The van der Waals surface area contributed by atoms with Crippen LogP contribution in [0.1, 0.15) is 37.4 Å². The second kappa shape index (κ2) is 8.40. The van der Waals surface area contributed by atoms with E-state index in [0.717, 1.165) is 12.1 Å². The van der Waals surface area contributed by atoms with E-state index in [2.05, 4.69) is 48.5 Å². The SMILES string of the molecule is Cc1cc(O)c2c(c1)C(=O)c1cc(O)cc(O)c1C2=O.c1ccc(-c2ccccc2)cc1. The number of phenolic OH excluding ortho intramolecular Hbond substituents is 3. The first-order valence-electron chi connectivity index (χ1n) is 9.96. The fourth-order valence-electron chi connectivity index (χ4n) is 3.75. The standard InChI is InChI=1S/C15H10O5.C12H10/c1-6-2-8-12(10(17)3-6)15(20)13-9(14(8)19)4-7(16)5-11(13)18;1-3-7-11(8-4-1)12-9-5-2-6-10-12/h2-5,16-18H,1H3;1-10H. The Labute approximate surface area is 184 Å². The molecule has 4 aromatic rings. The molecule has 5 rings (SSSR count). The number of hydrogen-bond acceptors (Lipinski definition) is 5. The summed E-state index contributed by atoms with van der Waals surface area (Å²) >= 11 is 0. The van der Waals surface area contributed by atoms with Crippen LogP contribution in [0.3, 0.4) is 0 Å². The quantitative estimate of drug-likeness (QED) is 0.342. The predicted octanol–water partition coefficient (Wildman–Crippen LogP) is 5.24. The van der Waals surface area contributed by atoms with E-state index in [-0.39, 0.29) is 33.8 Å². The zero-order chi connectivity index (χ0) is 22.8. The average Bonchev–Trinajstić information content (AvgIpc) is 2.78. The lowest BCUT2D eigenvalue weighted by molar-refractivity contribution is 0.0974. The van der Waals surface area contributed by atoms with Gasteiger partial charge in [0.2, 0.25) is 5.78 Å². The molecule has 0 aromatic heterocycles. The number of phenols is 3. The molecular weight excluding hydrogens is 404 g/mol. The number of carbonyl (C=O) groups is 2. The van der Waals surface area contributed by atoms with Crippen molar-refractivity contribution in [3.05, 3.63) is 113 Å². The first-order chi connectivity index (χ1) is 15.4. The number of aryl methyl sites for hydroxylation is 1. The van der Waals surface area contributed by atoms with Crippen LogP contribution in [0.15, 0.2) is 84.9 Å². The van der Waals surface area contributed by atoms with E-state index in [9.17, 15) is 24.9 Å². The molecule has 0 heterocycles. The summed E-state index contributed by atoms with van der Waals surface area (Å²) in [7, 11) is 0. The van der Waals surface area contributed by atoms with Gasteiger partial charge in [0.25, 0.3) is 0 Å². The van der Waals surface area contributed by atoms with Crippen LogP contribution in [-0.4, -0.2) is 26.9 Å². The maximum absolute atomic E-state index is 12.4. The van der Waals surface area contributed by atoms with Gasteiger partial charge < -0.3 is 15.3 Å². The van der Waals surface area contributed by atoms with Crippen molar-refractivity contribution in [2.75, 3.05) is 0 Å². The number of benzene rings is 4. The molecule has 0 amide bonds. The number of fused-ring (bicyclic) bond motifs is 2. The van der Waals surface area contributed by atoms with Crippen molar-refractivity contribution in [3.8, 4) is 28.4 Å². The molecule has 0 fully saturated rings. The molecule has 0 spiro atoms. The van der Waals surface area contributed by atoms with E-state index in [4.69, 9.17) is 0 Å². The third-order valence-corrected chi connectivity index (χ3v) is 5.19. The molecular formula is C27H20O5. The molecule has 0 bridgehead atoms. The molecule has 4 aromatic carbocycles. The minimum Gasteiger partial charge on any atom is -0.508 e. The van der Waals surface area contributed by atoms with Crippen molar-refractivity contribution in [1.82, 2.24) is 0 Å². The summed E-state index contributed by atoms with van der Waals surface area (Å²) in [5.74, 6) is -2.23. The molecule has 1 aliphatic rings. The Morgan fingerprint density at radius 3 is 1.56 bits per heavy atom. The molecule has 5 heteroatoms. The fraction of sp³-hybridized carbons (Fsp3) is 0.0370. The summed E-state index contributed by atoms with van der Waals surface area (Å²) in [4.78, 5) is 24.7. The first kappa shape index (κ1) is 20.9. The summed E-state index contributed by atoms with van der Waals surface area (Å²) in [5.41, 5.74) is 2.88. The zero-order valence-corrected chi connectivity index (χ0v) is 17.2. The van der Waals surface area contributed by atoms with Crippen LogP contribution in [0.5, 0.6) is 17.2 Å². The Morgan fingerprint density at radius 1 is 0.562 bits per heavy atom. The van der Waals surface area contributed by atoms with Gasteiger partial charge in [0.1, 0.15) is 17.2 Å². The lowest BCUT2D eigenvalue weighted by Gasteiger charge is -2.19. The van der Waals surface area contributed by atoms with Gasteiger partial charge in [0.05, 0.1) is 11.1 Å². The van der Waals surface area contributed by atoms with E-state index in [0.29, 0.717) is 5.56 Å². The highest BCUT2D eigenvalue weighted by Crippen LogP contribution is 2.38. The Kier molecular flexibility index (Phi) is 5.48. The van der Waals surface area contributed by atoms with Crippen molar-refractivity contribution < 1.29 is 24.9 Å². The maximum atomic E-state index is 12.4. The molecule has 0 radical (unpaired) electrons. The van der Waals surface area contributed by atoms with Gasteiger partial charge >= 0.3 is 0 Å². The van der Waals surface area contributed by atoms with Gasteiger partial charge in [-0.15, -0.1) is 0 Å². The van der Waals surface area contributed by atoms with E-state index in [1.807, 2.05) is 12.1 Å². The van der Waals surface area contributed by atoms with Crippen molar-refractivity contribution in [2.45, 2.75) is 6.92 Å². The summed E-state index contributed by atoms with van der Waals surface area (Å²) in [6.45, 7) is 1.69. The fourth-order valence-corrected chi connectivity index (χ4v) is 3.75. The van der Waals surface area contributed by atoms with E-state index in [1.54, 1.807) is 6.92 Å². The van der Waals surface area contributed by atoms with Crippen LogP contribution in [0.25, 0.3) is 11.1 Å². The summed E-state index contributed by atoms with van der Waals surface area (Å²) in [5, 5.41) is 29.1. The second-order valence-electron chi connectivity index (χ2n) is 7.48. The Bertz CT molecular complexity index is 1220. The highest BCUT2D eigenvalue weighted by Gasteiger charge is 2.34. The largest absolute Gasteiger partial charge is 0.508 e. The molecule has 158 valence electrons. The molecule has 0 atom stereocenters. The van der Waals surface area contributed by atoms with Gasteiger partial charge in [0.15, 0.2) is 5.78 Å². The minimum absolute atomic E-state index is 0.0648. The normalized spacial score (nSPS) is 11.8. The van der Waals surface area contributed by atoms with Crippen LogP contribution >= 0.6 is 0 Å².